The van der Waals surface area contributed by atoms with Crippen LogP contribution in [0, 0.1) is 5.92 Å². The molecule has 19 heavy (non-hydrogen) atoms. The van der Waals surface area contributed by atoms with Gasteiger partial charge in [-0.05, 0) is 25.3 Å². The van der Waals surface area contributed by atoms with Crippen molar-refractivity contribution in [1.82, 2.24) is 9.62 Å². The quantitative estimate of drug-likeness (QED) is 0.680. The number of hydrogen-bond acceptors (Lipinski definition) is 4. The molecule has 0 aromatic carbocycles. The SMILES string of the molecule is CCNC1CCN(S(=O)(=O)CCCOC)CC1CC. The lowest BCUT2D eigenvalue weighted by Gasteiger charge is -2.38. The van der Waals surface area contributed by atoms with E-state index < -0.39 is 10.0 Å². The summed E-state index contributed by atoms with van der Waals surface area (Å²) >= 11 is 0. The monoisotopic (exact) mass is 292 g/mol. The molecule has 0 saturated carbocycles. The van der Waals surface area contributed by atoms with Crippen molar-refractivity contribution in [2.75, 3.05) is 39.1 Å². The molecule has 1 aliphatic rings. The van der Waals surface area contributed by atoms with Crippen molar-refractivity contribution in [2.45, 2.75) is 39.2 Å². The zero-order valence-corrected chi connectivity index (χ0v) is 13.2. The van der Waals surface area contributed by atoms with Crippen LogP contribution in [0.5, 0.6) is 0 Å². The van der Waals surface area contributed by atoms with Gasteiger partial charge in [-0.2, -0.15) is 0 Å². The van der Waals surface area contributed by atoms with Crippen molar-refractivity contribution >= 4 is 10.0 Å². The molecule has 0 aromatic rings. The summed E-state index contributed by atoms with van der Waals surface area (Å²) in [5.74, 6) is 0.620. The van der Waals surface area contributed by atoms with E-state index in [4.69, 9.17) is 4.74 Å². The van der Waals surface area contributed by atoms with Gasteiger partial charge in [-0.3, -0.25) is 0 Å². The van der Waals surface area contributed by atoms with E-state index in [0.717, 1.165) is 19.4 Å². The lowest BCUT2D eigenvalue weighted by Crippen LogP contribution is -2.51. The number of hydrogen-bond donors (Lipinski definition) is 1. The van der Waals surface area contributed by atoms with Gasteiger partial charge >= 0.3 is 0 Å². The molecular weight excluding hydrogens is 264 g/mol. The Morgan fingerprint density at radius 3 is 2.68 bits per heavy atom. The molecule has 5 nitrogen and oxygen atoms in total. The first-order valence-corrected chi connectivity index (χ1v) is 8.86. The van der Waals surface area contributed by atoms with E-state index in [2.05, 4.69) is 19.2 Å². The minimum Gasteiger partial charge on any atom is -0.385 e. The highest BCUT2D eigenvalue weighted by Crippen LogP contribution is 2.22. The molecule has 114 valence electrons. The number of rotatable bonds is 8. The summed E-state index contributed by atoms with van der Waals surface area (Å²) in [6, 6.07) is 0.459. The Balaban J connectivity index is 2.56. The summed E-state index contributed by atoms with van der Waals surface area (Å²) < 4.78 is 31.1. The molecule has 1 rings (SSSR count). The van der Waals surface area contributed by atoms with Crippen molar-refractivity contribution in [3.63, 3.8) is 0 Å². The molecule has 0 spiro atoms. The van der Waals surface area contributed by atoms with E-state index >= 15 is 0 Å². The van der Waals surface area contributed by atoms with Gasteiger partial charge in [-0.1, -0.05) is 20.3 Å². The van der Waals surface area contributed by atoms with Crippen LogP contribution in [-0.4, -0.2) is 57.9 Å². The van der Waals surface area contributed by atoms with E-state index in [1.165, 1.54) is 0 Å². The third kappa shape index (κ3) is 5.02. The van der Waals surface area contributed by atoms with Crippen LogP contribution < -0.4 is 5.32 Å². The highest BCUT2D eigenvalue weighted by atomic mass is 32.2. The van der Waals surface area contributed by atoms with Crippen LogP contribution >= 0.6 is 0 Å². The van der Waals surface area contributed by atoms with Crippen molar-refractivity contribution in [3.05, 3.63) is 0 Å². The molecule has 0 bridgehead atoms. The second-order valence-corrected chi connectivity index (χ2v) is 7.23. The topological polar surface area (TPSA) is 58.6 Å². The molecule has 0 aromatic heterocycles. The van der Waals surface area contributed by atoms with Gasteiger partial charge in [0.25, 0.3) is 0 Å². The Bertz CT molecular complexity index is 346. The summed E-state index contributed by atoms with van der Waals surface area (Å²) in [5.41, 5.74) is 0. The smallest absolute Gasteiger partial charge is 0.214 e. The molecule has 0 amide bonds. The van der Waals surface area contributed by atoms with Crippen LogP contribution in [0.25, 0.3) is 0 Å². The van der Waals surface area contributed by atoms with Gasteiger partial charge < -0.3 is 10.1 Å². The predicted octanol–water partition coefficient (Wildman–Crippen LogP) is 1.06. The molecule has 0 radical (unpaired) electrons. The van der Waals surface area contributed by atoms with Gasteiger partial charge in [0.15, 0.2) is 0 Å². The van der Waals surface area contributed by atoms with Crippen LogP contribution in [0.2, 0.25) is 0 Å². The van der Waals surface area contributed by atoms with E-state index in [0.29, 0.717) is 38.1 Å². The first kappa shape index (κ1) is 16.9. The maximum atomic E-state index is 12.2. The summed E-state index contributed by atoms with van der Waals surface area (Å²) in [4.78, 5) is 0. The maximum absolute atomic E-state index is 12.2. The van der Waals surface area contributed by atoms with Crippen molar-refractivity contribution < 1.29 is 13.2 Å². The zero-order valence-electron chi connectivity index (χ0n) is 12.4. The average molecular weight is 292 g/mol. The third-order valence-electron chi connectivity index (χ3n) is 3.83. The second-order valence-electron chi connectivity index (χ2n) is 5.14. The molecule has 1 saturated heterocycles. The zero-order chi connectivity index (χ0) is 14.3. The molecule has 2 unspecified atom stereocenters. The fourth-order valence-corrected chi connectivity index (χ4v) is 4.25. The van der Waals surface area contributed by atoms with E-state index in [1.807, 2.05) is 0 Å². The Morgan fingerprint density at radius 1 is 1.37 bits per heavy atom. The lowest BCUT2D eigenvalue weighted by atomic mass is 9.91. The minimum absolute atomic E-state index is 0.198. The summed E-state index contributed by atoms with van der Waals surface area (Å²) in [7, 11) is -1.51. The largest absolute Gasteiger partial charge is 0.385 e. The van der Waals surface area contributed by atoms with Gasteiger partial charge in [0.05, 0.1) is 5.75 Å². The van der Waals surface area contributed by atoms with Crippen molar-refractivity contribution in [1.29, 1.82) is 0 Å². The fourth-order valence-electron chi connectivity index (χ4n) is 2.71. The van der Waals surface area contributed by atoms with Crippen LogP contribution in [0.1, 0.15) is 33.1 Å². The Morgan fingerprint density at radius 2 is 2.11 bits per heavy atom. The number of piperidine rings is 1. The van der Waals surface area contributed by atoms with Gasteiger partial charge in [0.1, 0.15) is 0 Å². The Hall–Kier alpha value is -0.170. The molecule has 2 atom stereocenters. The normalized spacial score (nSPS) is 25.6. The Kier molecular flexibility index (Phi) is 7.28. The Labute approximate surface area is 117 Å². The van der Waals surface area contributed by atoms with Gasteiger partial charge in [0.2, 0.25) is 10.0 Å². The van der Waals surface area contributed by atoms with Crippen LogP contribution in [-0.2, 0) is 14.8 Å². The number of ether oxygens (including phenoxy) is 1. The summed E-state index contributed by atoms with van der Waals surface area (Å²) in [6.45, 7) is 6.98. The maximum Gasteiger partial charge on any atom is 0.214 e. The molecular formula is C13H28N2O3S. The predicted molar refractivity (Wildman–Crippen MR) is 77.7 cm³/mol. The molecule has 1 heterocycles. The van der Waals surface area contributed by atoms with Gasteiger partial charge in [-0.25, -0.2) is 12.7 Å². The van der Waals surface area contributed by atoms with Crippen LogP contribution in [0.3, 0.4) is 0 Å². The average Bonchev–Trinajstić information content (AvgIpc) is 2.39. The van der Waals surface area contributed by atoms with Crippen LogP contribution in [0.15, 0.2) is 0 Å². The van der Waals surface area contributed by atoms with E-state index in [1.54, 1.807) is 11.4 Å². The molecule has 1 N–H and O–H groups in total. The van der Waals surface area contributed by atoms with E-state index in [9.17, 15) is 8.42 Å². The number of nitrogens with one attached hydrogen (secondary N) is 1. The van der Waals surface area contributed by atoms with Gasteiger partial charge in [-0.15, -0.1) is 0 Å². The first-order chi connectivity index (χ1) is 9.05. The fraction of sp³-hybridized carbons (Fsp3) is 1.00. The first-order valence-electron chi connectivity index (χ1n) is 7.25. The summed E-state index contributed by atoms with van der Waals surface area (Å²) in [6.07, 6.45) is 2.50. The van der Waals surface area contributed by atoms with Gasteiger partial charge in [0, 0.05) is 32.8 Å². The third-order valence-corrected chi connectivity index (χ3v) is 5.75. The highest BCUT2D eigenvalue weighted by molar-refractivity contribution is 7.89. The highest BCUT2D eigenvalue weighted by Gasteiger charge is 2.33. The standard InChI is InChI=1S/C13H28N2O3S/c1-4-12-11-15(8-7-13(12)14-5-2)19(16,17)10-6-9-18-3/h12-14H,4-11H2,1-3H3. The van der Waals surface area contributed by atoms with Crippen LogP contribution in [0.4, 0.5) is 0 Å². The second kappa shape index (κ2) is 8.19. The molecule has 6 heteroatoms. The molecule has 0 aliphatic carbocycles. The molecule has 1 aliphatic heterocycles. The van der Waals surface area contributed by atoms with Crippen molar-refractivity contribution in [2.24, 2.45) is 5.92 Å². The van der Waals surface area contributed by atoms with E-state index in [-0.39, 0.29) is 5.75 Å². The van der Waals surface area contributed by atoms with Crippen molar-refractivity contribution in [3.8, 4) is 0 Å². The minimum atomic E-state index is -3.11. The lowest BCUT2D eigenvalue weighted by molar-refractivity contribution is 0.194. The molecule has 1 fully saturated rings. The summed E-state index contributed by atoms with van der Waals surface area (Å²) in [5, 5.41) is 3.47. The number of sulfonamides is 1. The number of methoxy groups -OCH3 is 1. The number of nitrogens with zero attached hydrogens (tertiary/aromatic N) is 1.